The third-order valence-corrected chi connectivity index (χ3v) is 2.41. The molecule has 1 aromatic carbocycles. The maximum absolute atomic E-state index is 10.6. The number of hydrogen-bond acceptors (Lipinski definition) is 2. The molecule has 0 saturated heterocycles. The fourth-order valence-electron chi connectivity index (χ4n) is 1.50. The van der Waals surface area contributed by atoms with Crippen molar-refractivity contribution in [3.63, 3.8) is 0 Å². The molecule has 1 amide bonds. The first-order valence-corrected chi connectivity index (χ1v) is 5.60. The largest absolute Gasteiger partial charge is 0.356 e. The maximum Gasteiger partial charge on any atom is 0.216 e. The molecule has 0 fully saturated rings. The molecule has 1 aromatic rings. The van der Waals surface area contributed by atoms with Gasteiger partial charge in [-0.05, 0) is 30.5 Å². The van der Waals surface area contributed by atoms with E-state index in [0.29, 0.717) is 12.1 Å². The number of amides is 1. The highest BCUT2D eigenvalue weighted by molar-refractivity contribution is 5.76. The lowest BCUT2D eigenvalue weighted by molar-refractivity contribution is -0.118. The van der Waals surface area contributed by atoms with E-state index in [2.05, 4.69) is 5.32 Å². The topological polar surface area (TPSA) is 46.2 Å². The fraction of sp³-hybridized carbons (Fsp3) is 0.286. The second-order valence-electron chi connectivity index (χ2n) is 3.91. The Morgan fingerprint density at radius 3 is 2.76 bits per heavy atom. The normalized spacial score (nSPS) is 10.5. The summed E-state index contributed by atoms with van der Waals surface area (Å²) in [5.74, 6) is -0.00934. The highest BCUT2D eigenvalue weighted by Gasteiger charge is 1.96. The summed E-state index contributed by atoms with van der Waals surface area (Å²) in [5.41, 5.74) is 2.86. The molecule has 17 heavy (non-hydrogen) atoms. The first kappa shape index (κ1) is 13.2. The van der Waals surface area contributed by atoms with Gasteiger partial charge in [-0.1, -0.05) is 24.3 Å². The molecule has 0 aliphatic rings. The third kappa shape index (κ3) is 4.64. The minimum atomic E-state index is -0.00934. The molecular formula is C14H17NO2. The van der Waals surface area contributed by atoms with Gasteiger partial charge < -0.3 is 5.32 Å². The molecular weight excluding hydrogens is 214 g/mol. The molecule has 0 heterocycles. The first-order valence-electron chi connectivity index (χ1n) is 5.60. The molecule has 0 bridgehead atoms. The van der Waals surface area contributed by atoms with E-state index in [-0.39, 0.29) is 5.91 Å². The molecule has 1 N–H and O–H groups in total. The van der Waals surface area contributed by atoms with Crippen LogP contribution in [-0.4, -0.2) is 18.7 Å². The van der Waals surface area contributed by atoms with Gasteiger partial charge in [0.15, 0.2) is 0 Å². The van der Waals surface area contributed by atoms with E-state index in [1.807, 2.05) is 31.2 Å². The van der Waals surface area contributed by atoms with Crippen LogP contribution in [0.2, 0.25) is 0 Å². The van der Waals surface area contributed by atoms with Gasteiger partial charge in [0.05, 0.1) is 0 Å². The van der Waals surface area contributed by atoms with Crippen LogP contribution in [0.25, 0.3) is 6.08 Å². The molecule has 0 aliphatic heterocycles. The maximum atomic E-state index is 10.6. The summed E-state index contributed by atoms with van der Waals surface area (Å²) in [5, 5.41) is 2.73. The van der Waals surface area contributed by atoms with E-state index < -0.39 is 0 Å². The van der Waals surface area contributed by atoms with Gasteiger partial charge in [-0.15, -0.1) is 0 Å². The second-order valence-corrected chi connectivity index (χ2v) is 3.91. The monoisotopic (exact) mass is 231 g/mol. The molecule has 0 saturated carbocycles. The van der Waals surface area contributed by atoms with E-state index in [4.69, 9.17) is 0 Å². The van der Waals surface area contributed by atoms with Crippen LogP contribution in [0.5, 0.6) is 0 Å². The molecule has 3 heteroatoms. The number of benzene rings is 1. The van der Waals surface area contributed by atoms with Crippen molar-refractivity contribution in [3.05, 3.63) is 41.0 Å². The Morgan fingerprint density at radius 1 is 1.41 bits per heavy atom. The van der Waals surface area contributed by atoms with Crippen LogP contribution < -0.4 is 5.32 Å². The number of aldehydes is 1. The number of carbonyl (C=O) groups excluding carboxylic acids is 2. The van der Waals surface area contributed by atoms with Crippen LogP contribution in [0.1, 0.15) is 34.8 Å². The van der Waals surface area contributed by atoms with Crippen molar-refractivity contribution >= 4 is 18.3 Å². The average molecular weight is 231 g/mol. The van der Waals surface area contributed by atoms with Crippen LogP contribution in [0.15, 0.2) is 24.3 Å². The van der Waals surface area contributed by atoms with Crippen molar-refractivity contribution in [3.8, 4) is 0 Å². The third-order valence-electron chi connectivity index (χ3n) is 2.41. The summed E-state index contributed by atoms with van der Waals surface area (Å²) >= 11 is 0. The minimum Gasteiger partial charge on any atom is -0.356 e. The summed E-state index contributed by atoms with van der Waals surface area (Å²) in [6.07, 6.45) is 5.66. The summed E-state index contributed by atoms with van der Waals surface area (Å²) in [4.78, 5) is 21.2. The summed E-state index contributed by atoms with van der Waals surface area (Å²) in [6.45, 7) is 4.13. The summed E-state index contributed by atoms with van der Waals surface area (Å²) in [7, 11) is 0. The molecule has 3 nitrogen and oxygen atoms in total. The zero-order valence-corrected chi connectivity index (χ0v) is 10.2. The van der Waals surface area contributed by atoms with Crippen molar-refractivity contribution in [1.29, 1.82) is 0 Å². The first-order chi connectivity index (χ1) is 8.13. The molecule has 0 unspecified atom stereocenters. The molecule has 0 radical (unpaired) electrons. The predicted octanol–water partition coefficient (Wildman–Crippen LogP) is 2.35. The zero-order chi connectivity index (χ0) is 12.7. The molecule has 0 spiro atoms. The number of carbonyl (C=O) groups is 2. The quantitative estimate of drug-likeness (QED) is 0.624. The number of rotatable bonds is 5. The van der Waals surface area contributed by atoms with Crippen molar-refractivity contribution < 1.29 is 9.59 Å². The number of aryl methyl sites for hydroxylation is 1. The Hall–Kier alpha value is -1.90. The Morgan fingerprint density at radius 2 is 2.18 bits per heavy atom. The lowest BCUT2D eigenvalue weighted by atomic mass is 10.1. The van der Waals surface area contributed by atoms with Crippen LogP contribution in [0.4, 0.5) is 0 Å². The van der Waals surface area contributed by atoms with Gasteiger partial charge in [-0.3, -0.25) is 9.59 Å². The minimum absolute atomic E-state index is 0.00934. The lowest BCUT2D eigenvalue weighted by Gasteiger charge is -2.01. The lowest BCUT2D eigenvalue weighted by Crippen LogP contribution is -2.20. The average Bonchev–Trinajstić information content (AvgIpc) is 2.30. The summed E-state index contributed by atoms with van der Waals surface area (Å²) < 4.78 is 0. The number of hydrogen-bond donors (Lipinski definition) is 1. The zero-order valence-electron chi connectivity index (χ0n) is 10.2. The highest BCUT2D eigenvalue weighted by Crippen LogP contribution is 2.11. The van der Waals surface area contributed by atoms with Crippen molar-refractivity contribution in [2.75, 3.05) is 6.54 Å². The van der Waals surface area contributed by atoms with E-state index in [0.717, 1.165) is 23.8 Å². The molecule has 0 aliphatic carbocycles. The molecule has 90 valence electrons. The van der Waals surface area contributed by atoms with Gasteiger partial charge in [-0.2, -0.15) is 0 Å². The van der Waals surface area contributed by atoms with Gasteiger partial charge in [0.1, 0.15) is 6.29 Å². The van der Waals surface area contributed by atoms with Gasteiger partial charge >= 0.3 is 0 Å². The van der Waals surface area contributed by atoms with E-state index >= 15 is 0 Å². The van der Waals surface area contributed by atoms with Gasteiger partial charge in [0, 0.05) is 19.0 Å². The van der Waals surface area contributed by atoms with Crippen molar-refractivity contribution in [2.45, 2.75) is 20.3 Å². The smallest absolute Gasteiger partial charge is 0.216 e. The Balaban J connectivity index is 2.53. The summed E-state index contributed by atoms with van der Waals surface area (Å²) in [6, 6.07) is 5.59. The second kappa shape index (κ2) is 6.63. The standard InChI is InChI=1S/C14H17NO2/c1-11-9-13(10-16)6-7-14(11)5-3-4-8-15-12(2)17/h3,5-7,9-10H,4,8H2,1-2H3,(H,15,17). The van der Waals surface area contributed by atoms with E-state index in [1.54, 1.807) is 6.07 Å². The van der Waals surface area contributed by atoms with E-state index in [1.165, 1.54) is 6.92 Å². The van der Waals surface area contributed by atoms with Crippen LogP contribution >= 0.6 is 0 Å². The Kier molecular flexibility index (Phi) is 5.14. The fourth-order valence-corrected chi connectivity index (χ4v) is 1.50. The molecule has 0 atom stereocenters. The Bertz CT molecular complexity index is 436. The van der Waals surface area contributed by atoms with Gasteiger partial charge in [0.25, 0.3) is 0 Å². The van der Waals surface area contributed by atoms with Crippen LogP contribution in [0.3, 0.4) is 0 Å². The van der Waals surface area contributed by atoms with Crippen LogP contribution in [-0.2, 0) is 4.79 Å². The number of nitrogens with one attached hydrogen (secondary N) is 1. The van der Waals surface area contributed by atoms with Crippen LogP contribution in [0, 0.1) is 6.92 Å². The van der Waals surface area contributed by atoms with Gasteiger partial charge in [-0.25, -0.2) is 0 Å². The molecule has 1 rings (SSSR count). The highest BCUT2D eigenvalue weighted by atomic mass is 16.1. The molecule has 0 aromatic heterocycles. The SMILES string of the molecule is CC(=O)NCCC=Cc1ccc(C=O)cc1C. The van der Waals surface area contributed by atoms with Gasteiger partial charge in [0.2, 0.25) is 5.91 Å². The Labute approximate surface area is 102 Å². The predicted molar refractivity (Wildman–Crippen MR) is 68.9 cm³/mol. The van der Waals surface area contributed by atoms with Crippen molar-refractivity contribution in [1.82, 2.24) is 5.32 Å². The van der Waals surface area contributed by atoms with E-state index in [9.17, 15) is 9.59 Å². The van der Waals surface area contributed by atoms with Crippen molar-refractivity contribution in [2.24, 2.45) is 0 Å².